The Bertz CT molecular complexity index is 1640. The number of rotatable bonds is 8. The normalized spacial score (nSPS) is 13.2. The monoisotopic (exact) mass is 651 g/mol. The van der Waals surface area contributed by atoms with E-state index >= 15 is 0 Å². The fourth-order valence-corrected chi connectivity index (χ4v) is 5.94. The molecule has 7 nitrogen and oxygen atoms in total. The van der Waals surface area contributed by atoms with Crippen molar-refractivity contribution in [2.45, 2.75) is 131 Å². The number of hydrogen-bond donors (Lipinski definition) is 0. The van der Waals surface area contributed by atoms with Crippen LogP contribution in [0, 0.1) is 0 Å². The topological polar surface area (TPSA) is 79.9 Å². The molecule has 1 aromatic carbocycles. The molecule has 45 heavy (non-hydrogen) atoms. The van der Waals surface area contributed by atoms with E-state index in [-0.39, 0.29) is 36.8 Å². The third-order valence-corrected chi connectivity index (χ3v) is 13.3. The summed E-state index contributed by atoms with van der Waals surface area (Å²) in [5.41, 5.74) is 1.52. The number of hydrogen-bond acceptors (Lipinski definition) is 6. The molecule has 3 rings (SSSR count). The molecule has 0 saturated heterocycles. The maximum Gasteiger partial charge on any atom is 0.419 e. The Kier molecular flexibility index (Phi) is 10.3. The van der Waals surface area contributed by atoms with Crippen LogP contribution in [0.5, 0.6) is 5.75 Å². The van der Waals surface area contributed by atoms with Crippen molar-refractivity contribution in [1.82, 2.24) is 4.57 Å². The van der Waals surface area contributed by atoms with Crippen LogP contribution in [-0.4, -0.2) is 34.3 Å². The van der Waals surface area contributed by atoms with Crippen molar-refractivity contribution < 1.29 is 22.8 Å². The van der Waals surface area contributed by atoms with Crippen LogP contribution in [0.4, 0.5) is 4.79 Å². The van der Waals surface area contributed by atoms with E-state index in [4.69, 9.17) is 18.0 Å². The molecule has 9 heteroatoms. The molecule has 2 heterocycles. The molecule has 0 saturated carbocycles. The van der Waals surface area contributed by atoms with E-state index in [2.05, 4.69) is 60.7 Å². The van der Waals surface area contributed by atoms with Gasteiger partial charge < -0.3 is 18.0 Å². The second kappa shape index (κ2) is 12.7. The number of aromatic nitrogens is 1. The standard InChI is InChI=1S/C36H53NO6Si2/c1-23(2)19-20-24-17-16-18-25-26(22-37(29(24)25)32(39)41-33(3,4)5)30-31(42-45(14,15)35(9,10)11)27(38)21-28(40-30)36(12,13)43-44-34(6,7)8/h16-19,21-22H,20H2,1-15H3. The zero-order chi connectivity index (χ0) is 34.3. The maximum absolute atomic E-state index is 14.1. The van der Waals surface area contributed by atoms with Crippen LogP contribution >= 0.6 is 0 Å². The number of benzene rings is 1. The van der Waals surface area contributed by atoms with Gasteiger partial charge in [-0.2, -0.15) is 0 Å². The molecule has 246 valence electrons. The Morgan fingerprint density at radius 3 is 2.16 bits per heavy atom. The minimum absolute atomic E-state index is 0.0612. The van der Waals surface area contributed by atoms with Gasteiger partial charge in [-0.15, -0.1) is 0 Å². The smallest absolute Gasteiger partial charge is 0.419 e. The van der Waals surface area contributed by atoms with Crippen LogP contribution in [0.1, 0.15) is 101 Å². The van der Waals surface area contributed by atoms with E-state index in [0.29, 0.717) is 23.3 Å². The van der Waals surface area contributed by atoms with Crippen LogP contribution in [0.3, 0.4) is 0 Å². The lowest BCUT2D eigenvalue weighted by molar-refractivity contribution is 0.0544. The lowest BCUT2D eigenvalue weighted by atomic mass is 10.0. The zero-order valence-corrected chi connectivity index (χ0v) is 32.1. The predicted octanol–water partition coefficient (Wildman–Crippen LogP) is 10.0. The molecule has 0 aliphatic heterocycles. The summed E-state index contributed by atoms with van der Waals surface area (Å²) in [4.78, 5) is 27.8. The first-order chi connectivity index (χ1) is 20.3. The molecular weight excluding hydrogens is 599 g/mol. The van der Waals surface area contributed by atoms with Crippen molar-refractivity contribution in [3.63, 3.8) is 0 Å². The van der Waals surface area contributed by atoms with Gasteiger partial charge in [0.15, 0.2) is 11.5 Å². The molecule has 0 unspecified atom stereocenters. The second-order valence-electron chi connectivity index (χ2n) is 16.2. The molecule has 0 fully saturated rings. The van der Waals surface area contributed by atoms with Gasteiger partial charge in [0.2, 0.25) is 15.2 Å². The van der Waals surface area contributed by atoms with Crippen molar-refractivity contribution in [2.24, 2.45) is 0 Å². The van der Waals surface area contributed by atoms with Crippen molar-refractivity contribution in [2.75, 3.05) is 0 Å². The largest absolute Gasteiger partial charge is 0.538 e. The SMILES string of the molecule is CC(C)=CCc1cccc2c(-c3oc(C(C)(C)O[Si]C(C)(C)C)cc(=O)c3O[Si](C)(C)C(C)(C)C)cn(C(=O)OC(C)(C)C)c12. The first-order valence-electron chi connectivity index (χ1n) is 15.7. The summed E-state index contributed by atoms with van der Waals surface area (Å²) in [6.45, 7) is 30.4. The number of carbonyl (C=O) groups excluding carboxylic acids is 1. The molecular formula is C36H53NO6Si2. The van der Waals surface area contributed by atoms with Crippen LogP contribution in [0.25, 0.3) is 22.2 Å². The minimum atomic E-state index is -2.49. The second-order valence-corrected chi connectivity index (χ2v) is 22.8. The summed E-state index contributed by atoms with van der Waals surface area (Å²) < 4.78 is 27.2. The third kappa shape index (κ3) is 8.89. The highest BCUT2D eigenvalue weighted by Crippen LogP contribution is 2.43. The molecule has 0 spiro atoms. The van der Waals surface area contributed by atoms with Crippen LogP contribution < -0.4 is 9.85 Å². The number of nitrogens with zero attached hydrogens (tertiary/aromatic N) is 1. The lowest BCUT2D eigenvalue weighted by Gasteiger charge is -2.36. The number of ether oxygens (including phenoxy) is 1. The van der Waals surface area contributed by atoms with E-state index in [1.165, 1.54) is 16.2 Å². The Labute approximate surface area is 273 Å². The third-order valence-electron chi connectivity index (χ3n) is 7.75. The minimum Gasteiger partial charge on any atom is -0.538 e. The maximum atomic E-state index is 14.1. The molecule has 0 aliphatic carbocycles. The summed E-state index contributed by atoms with van der Waals surface area (Å²) >= 11 is 0. The van der Waals surface area contributed by atoms with Crippen molar-refractivity contribution >= 4 is 35.1 Å². The van der Waals surface area contributed by atoms with Crippen molar-refractivity contribution in [1.29, 1.82) is 0 Å². The van der Waals surface area contributed by atoms with Gasteiger partial charge in [-0.1, -0.05) is 71.4 Å². The van der Waals surface area contributed by atoms with E-state index in [9.17, 15) is 9.59 Å². The fourth-order valence-electron chi connectivity index (χ4n) is 4.26. The quantitative estimate of drug-likeness (QED) is 0.178. The van der Waals surface area contributed by atoms with Gasteiger partial charge in [0.1, 0.15) is 17.0 Å². The summed E-state index contributed by atoms with van der Waals surface area (Å²) in [6.07, 6.45) is 3.96. The van der Waals surface area contributed by atoms with Gasteiger partial charge >= 0.3 is 6.09 Å². The highest BCUT2D eigenvalue weighted by atomic mass is 28.4. The number of carbonyl (C=O) groups is 1. The first kappa shape index (κ1) is 36.6. The first-order valence-corrected chi connectivity index (χ1v) is 19.5. The molecule has 0 N–H and O–H groups in total. The summed E-state index contributed by atoms with van der Waals surface area (Å²) in [7, 11) is -2.31. The highest BCUT2D eigenvalue weighted by Gasteiger charge is 2.41. The zero-order valence-electron chi connectivity index (χ0n) is 30.1. The number of fused-ring (bicyclic) bond motifs is 1. The van der Waals surface area contributed by atoms with Crippen LogP contribution in [-0.2, 0) is 21.2 Å². The van der Waals surface area contributed by atoms with Gasteiger partial charge in [-0.3, -0.25) is 9.36 Å². The average molecular weight is 652 g/mol. The van der Waals surface area contributed by atoms with E-state index < -0.39 is 25.6 Å². The van der Waals surface area contributed by atoms with Crippen LogP contribution in [0.15, 0.2) is 51.3 Å². The van der Waals surface area contributed by atoms with Gasteiger partial charge in [-0.25, -0.2) is 4.79 Å². The van der Waals surface area contributed by atoms with Gasteiger partial charge in [0.25, 0.3) is 8.32 Å². The molecule has 3 aromatic rings. The van der Waals surface area contributed by atoms with E-state index in [1.807, 2.05) is 66.7 Å². The highest BCUT2D eigenvalue weighted by molar-refractivity contribution is 6.74. The predicted molar refractivity (Wildman–Crippen MR) is 188 cm³/mol. The molecule has 0 amide bonds. The Morgan fingerprint density at radius 2 is 1.62 bits per heavy atom. The van der Waals surface area contributed by atoms with Gasteiger partial charge in [0, 0.05) is 23.2 Å². The van der Waals surface area contributed by atoms with Gasteiger partial charge in [-0.05, 0) is 83.6 Å². The number of allylic oxidation sites excluding steroid dienone is 2. The average Bonchev–Trinajstić information content (AvgIpc) is 3.25. The molecule has 0 bridgehead atoms. The molecule has 0 atom stereocenters. The fraction of sp³-hybridized carbons (Fsp3) is 0.556. The molecule has 0 aliphatic rings. The van der Waals surface area contributed by atoms with Crippen LogP contribution in [0.2, 0.25) is 23.2 Å². The Balaban J connectivity index is 2.44. The summed E-state index contributed by atoms with van der Waals surface area (Å²) in [5, 5.41) is 0.526. The van der Waals surface area contributed by atoms with Gasteiger partial charge in [0.05, 0.1) is 5.52 Å². The molecule has 2 radical (unpaired) electrons. The Morgan fingerprint density at radius 1 is 1.00 bits per heavy atom. The molecule has 2 aromatic heterocycles. The number of para-hydroxylation sites is 1. The Hall–Kier alpha value is -2.89. The van der Waals surface area contributed by atoms with E-state index in [1.54, 1.807) is 6.20 Å². The lowest BCUT2D eigenvalue weighted by Crippen LogP contribution is -2.45. The summed E-state index contributed by atoms with van der Waals surface area (Å²) in [5.74, 6) is 0.822. The summed E-state index contributed by atoms with van der Waals surface area (Å²) in [6, 6.07) is 7.42. The van der Waals surface area contributed by atoms with Crippen molar-refractivity contribution in [3.05, 3.63) is 63.7 Å². The van der Waals surface area contributed by atoms with Crippen molar-refractivity contribution in [3.8, 4) is 17.1 Å². The van der Waals surface area contributed by atoms with E-state index in [0.717, 1.165) is 10.9 Å².